The number of hydrogen-bond donors (Lipinski definition) is 4. The van der Waals surface area contributed by atoms with Gasteiger partial charge in [-0.05, 0) is 83.5 Å². The molecule has 64 heavy (non-hydrogen) atoms. The standard InChI is InChI=1S/C55H96O9/c1-3-5-7-9-11-13-15-17-19-20-21-22-23-24-25-26-27-28-29-31-33-35-37-39-41-43-45-61-47-49(48-62-55-54(60)53(59)52(58)50(46-56)64-55)63-51(57)44-42-40-38-36-34-32-30-18-16-14-12-10-8-6-4-2/h6,8,12,14-15,17-18,20-21,23-24,30,49-50,52-56,58-60H,3-5,7,9-11,13,16,19,22,25-29,31-48H2,1-2H3/b8-6-,14-12-,17-15-,21-20-,24-23-,30-18-. The number of hydrogen-bond acceptors (Lipinski definition) is 9. The van der Waals surface area contributed by atoms with Crippen LogP contribution in [0, 0.1) is 0 Å². The summed E-state index contributed by atoms with van der Waals surface area (Å²) in [5, 5.41) is 40.2. The fourth-order valence-corrected chi connectivity index (χ4v) is 7.57. The Hall–Kier alpha value is -2.37. The van der Waals surface area contributed by atoms with E-state index in [2.05, 4.69) is 86.8 Å². The second-order valence-corrected chi connectivity index (χ2v) is 17.6. The highest BCUT2D eigenvalue weighted by Crippen LogP contribution is 2.23. The Morgan fingerprint density at radius 3 is 1.44 bits per heavy atom. The molecule has 1 rings (SSSR count). The largest absolute Gasteiger partial charge is 0.457 e. The summed E-state index contributed by atoms with van der Waals surface area (Å²) in [6.07, 6.45) is 53.7. The molecule has 1 fully saturated rings. The minimum absolute atomic E-state index is 0.125. The fraction of sp³-hybridized carbons (Fsp3) is 0.764. The van der Waals surface area contributed by atoms with Gasteiger partial charge < -0.3 is 39.4 Å². The van der Waals surface area contributed by atoms with Crippen molar-refractivity contribution in [1.82, 2.24) is 0 Å². The van der Waals surface area contributed by atoms with Crippen LogP contribution in [0.4, 0.5) is 0 Å². The molecular formula is C55H96O9. The molecule has 0 bridgehead atoms. The van der Waals surface area contributed by atoms with Crippen molar-refractivity contribution in [2.24, 2.45) is 0 Å². The first kappa shape index (κ1) is 59.6. The molecule has 0 amide bonds. The van der Waals surface area contributed by atoms with E-state index in [0.717, 1.165) is 83.5 Å². The summed E-state index contributed by atoms with van der Waals surface area (Å²) < 4.78 is 22.9. The van der Waals surface area contributed by atoms with E-state index in [1.807, 2.05) is 0 Å². The molecule has 9 heteroatoms. The van der Waals surface area contributed by atoms with E-state index < -0.39 is 43.4 Å². The number of aliphatic hydroxyl groups excluding tert-OH is 4. The van der Waals surface area contributed by atoms with Crippen LogP contribution < -0.4 is 0 Å². The number of ether oxygens (including phenoxy) is 4. The van der Waals surface area contributed by atoms with Crippen LogP contribution in [-0.4, -0.2) is 89.6 Å². The monoisotopic (exact) mass is 901 g/mol. The predicted molar refractivity (Wildman–Crippen MR) is 265 cm³/mol. The molecule has 1 heterocycles. The van der Waals surface area contributed by atoms with Crippen molar-refractivity contribution in [3.63, 3.8) is 0 Å². The van der Waals surface area contributed by atoms with Crippen LogP contribution in [0.2, 0.25) is 0 Å². The second kappa shape index (κ2) is 45.8. The van der Waals surface area contributed by atoms with Crippen LogP contribution in [0.5, 0.6) is 0 Å². The van der Waals surface area contributed by atoms with E-state index >= 15 is 0 Å². The molecular weight excluding hydrogens is 805 g/mol. The molecule has 0 spiro atoms. The lowest BCUT2D eigenvalue weighted by Gasteiger charge is -2.39. The van der Waals surface area contributed by atoms with Gasteiger partial charge in [0, 0.05) is 13.0 Å². The summed E-state index contributed by atoms with van der Waals surface area (Å²) in [5.41, 5.74) is 0. The first-order valence-corrected chi connectivity index (χ1v) is 26.0. The Morgan fingerprint density at radius 1 is 0.516 bits per heavy atom. The van der Waals surface area contributed by atoms with E-state index in [9.17, 15) is 25.2 Å². The lowest BCUT2D eigenvalue weighted by Crippen LogP contribution is -2.59. The summed E-state index contributed by atoms with van der Waals surface area (Å²) >= 11 is 0. The number of rotatable bonds is 44. The first-order valence-electron chi connectivity index (χ1n) is 26.0. The van der Waals surface area contributed by atoms with Crippen LogP contribution in [0.15, 0.2) is 72.9 Å². The molecule has 1 saturated heterocycles. The van der Waals surface area contributed by atoms with Crippen molar-refractivity contribution in [1.29, 1.82) is 0 Å². The second-order valence-electron chi connectivity index (χ2n) is 17.6. The maximum absolute atomic E-state index is 12.8. The number of aliphatic hydroxyl groups is 4. The molecule has 4 N–H and O–H groups in total. The zero-order valence-electron chi connectivity index (χ0n) is 40.8. The van der Waals surface area contributed by atoms with Crippen molar-refractivity contribution in [2.45, 2.75) is 243 Å². The number of carbonyl (C=O) groups excluding carboxylic acids is 1. The van der Waals surface area contributed by atoms with Gasteiger partial charge in [-0.25, -0.2) is 0 Å². The Labute approximate surface area is 391 Å². The molecule has 6 atom stereocenters. The van der Waals surface area contributed by atoms with Gasteiger partial charge in [-0.1, -0.05) is 189 Å². The van der Waals surface area contributed by atoms with Gasteiger partial charge >= 0.3 is 5.97 Å². The maximum Gasteiger partial charge on any atom is 0.306 e. The SMILES string of the molecule is CC/C=C\C/C=C\C/C=C\CCCCCCCC(=O)OC(COCCCCCCCCCCCCC/C=C\C/C=C\C/C=C\CCCCCCC)COC1OC(CO)C(O)C(O)C1O. The Bertz CT molecular complexity index is 1210. The summed E-state index contributed by atoms with van der Waals surface area (Å²) in [4.78, 5) is 12.8. The van der Waals surface area contributed by atoms with Gasteiger partial charge in [-0.15, -0.1) is 0 Å². The molecule has 0 aromatic rings. The normalized spacial score (nSPS) is 20.1. The molecule has 9 nitrogen and oxygen atoms in total. The van der Waals surface area contributed by atoms with E-state index in [-0.39, 0.29) is 19.2 Å². The lowest BCUT2D eigenvalue weighted by atomic mass is 9.99. The van der Waals surface area contributed by atoms with Crippen LogP contribution >= 0.6 is 0 Å². The molecule has 0 aromatic carbocycles. The first-order chi connectivity index (χ1) is 31.4. The summed E-state index contributed by atoms with van der Waals surface area (Å²) in [6, 6.07) is 0. The number of carbonyl (C=O) groups is 1. The molecule has 1 aliphatic heterocycles. The Morgan fingerprint density at radius 2 is 0.953 bits per heavy atom. The number of unbranched alkanes of at least 4 members (excludes halogenated alkanes) is 21. The van der Waals surface area contributed by atoms with Crippen LogP contribution in [0.25, 0.3) is 0 Å². The highest BCUT2D eigenvalue weighted by molar-refractivity contribution is 5.69. The van der Waals surface area contributed by atoms with Gasteiger partial charge in [0.1, 0.15) is 30.5 Å². The zero-order chi connectivity index (χ0) is 46.4. The van der Waals surface area contributed by atoms with Gasteiger partial charge in [0.25, 0.3) is 0 Å². The van der Waals surface area contributed by atoms with Crippen molar-refractivity contribution in [2.75, 3.05) is 26.4 Å². The van der Waals surface area contributed by atoms with Crippen molar-refractivity contribution in [3.8, 4) is 0 Å². The van der Waals surface area contributed by atoms with Crippen molar-refractivity contribution < 1.29 is 44.2 Å². The smallest absolute Gasteiger partial charge is 0.306 e. The summed E-state index contributed by atoms with van der Waals surface area (Å²) in [6.45, 7) is 4.41. The van der Waals surface area contributed by atoms with Gasteiger partial charge in [0.05, 0.1) is 19.8 Å². The van der Waals surface area contributed by atoms with Gasteiger partial charge in [-0.2, -0.15) is 0 Å². The van der Waals surface area contributed by atoms with E-state index in [4.69, 9.17) is 18.9 Å². The van der Waals surface area contributed by atoms with Gasteiger partial charge in [0.15, 0.2) is 6.29 Å². The maximum atomic E-state index is 12.8. The Balaban J connectivity index is 2.18. The van der Waals surface area contributed by atoms with Gasteiger partial charge in [0.2, 0.25) is 0 Å². The topological polar surface area (TPSA) is 135 Å². The van der Waals surface area contributed by atoms with Crippen LogP contribution in [0.1, 0.15) is 206 Å². The summed E-state index contributed by atoms with van der Waals surface area (Å²) in [7, 11) is 0. The van der Waals surface area contributed by atoms with Crippen molar-refractivity contribution in [3.05, 3.63) is 72.9 Å². The van der Waals surface area contributed by atoms with Crippen LogP contribution in [0.3, 0.4) is 0 Å². The quantitative estimate of drug-likeness (QED) is 0.0268. The number of allylic oxidation sites excluding steroid dienone is 12. The van der Waals surface area contributed by atoms with E-state index in [1.54, 1.807) is 0 Å². The predicted octanol–water partition coefficient (Wildman–Crippen LogP) is 12.8. The van der Waals surface area contributed by atoms with Crippen LogP contribution in [-0.2, 0) is 23.7 Å². The Kier molecular flexibility index (Phi) is 42.7. The molecule has 0 radical (unpaired) electrons. The highest BCUT2D eigenvalue weighted by Gasteiger charge is 2.44. The van der Waals surface area contributed by atoms with Crippen molar-refractivity contribution >= 4 is 5.97 Å². The van der Waals surface area contributed by atoms with E-state index in [1.165, 1.54) is 103 Å². The zero-order valence-corrected chi connectivity index (χ0v) is 40.8. The summed E-state index contributed by atoms with van der Waals surface area (Å²) in [5.74, 6) is -0.333. The van der Waals surface area contributed by atoms with Gasteiger partial charge in [-0.3, -0.25) is 4.79 Å². The molecule has 6 unspecified atom stereocenters. The third-order valence-corrected chi connectivity index (χ3v) is 11.6. The fourth-order valence-electron chi connectivity index (χ4n) is 7.57. The van der Waals surface area contributed by atoms with E-state index in [0.29, 0.717) is 13.0 Å². The number of esters is 1. The molecule has 1 aliphatic rings. The average Bonchev–Trinajstić information content (AvgIpc) is 3.30. The third-order valence-electron chi connectivity index (χ3n) is 11.6. The molecule has 0 aromatic heterocycles. The minimum atomic E-state index is -1.54. The highest BCUT2D eigenvalue weighted by atomic mass is 16.7. The molecule has 0 saturated carbocycles. The average molecular weight is 901 g/mol. The third kappa shape index (κ3) is 35.8. The minimum Gasteiger partial charge on any atom is -0.457 e. The lowest BCUT2D eigenvalue weighted by molar-refractivity contribution is -0.305. The molecule has 0 aliphatic carbocycles. The molecule has 370 valence electrons.